The fraction of sp³-hybridized carbons (Fsp3) is 0.643. The van der Waals surface area contributed by atoms with Crippen molar-refractivity contribution in [1.82, 2.24) is 0 Å². The monoisotopic (exact) mass is 269 g/mol. The topological polar surface area (TPSA) is 52.3 Å². The highest BCUT2D eigenvalue weighted by molar-refractivity contribution is 7.14. The van der Waals surface area contributed by atoms with Crippen LogP contribution in [0.25, 0.3) is 0 Å². The third-order valence-electron chi connectivity index (χ3n) is 2.32. The maximum Gasteiger partial charge on any atom is 0.348 e. The number of esters is 1. The number of nitrogens with two attached hydrogens (primary N) is 1. The van der Waals surface area contributed by atoms with Crippen molar-refractivity contribution in [1.29, 1.82) is 0 Å². The second-order valence-corrected chi connectivity index (χ2v) is 7.06. The fourth-order valence-corrected chi connectivity index (χ4v) is 2.51. The van der Waals surface area contributed by atoms with E-state index in [4.69, 9.17) is 10.5 Å². The summed E-state index contributed by atoms with van der Waals surface area (Å²) in [6.07, 6.45) is 0.925. The zero-order valence-corrected chi connectivity index (χ0v) is 12.6. The number of rotatable bonds is 4. The molecule has 0 bridgehead atoms. The molecule has 0 spiro atoms. The zero-order valence-electron chi connectivity index (χ0n) is 11.8. The van der Waals surface area contributed by atoms with Gasteiger partial charge in [0.1, 0.15) is 10.5 Å². The highest BCUT2D eigenvalue weighted by atomic mass is 32.1. The van der Waals surface area contributed by atoms with Gasteiger partial charge in [0.15, 0.2) is 0 Å². The SMILES string of the molecule is CC(C)CC(N)c1ccc(C(=O)OC(C)(C)C)s1. The summed E-state index contributed by atoms with van der Waals surface area (Å²) in [4.78, 5) is 13.5. The Balaban J connectivity index is 2.71. The lowest BCUT2D eigenvalue weighted by Crippen LogP contribution is -2.23. The van der Waals surface area contributed by atoms with Crippen molar-refractivity contribution in [3.63, 3.8) is 0 Å². The van der Waals surface area contributed by atoms with E-state index in [9.17, 15) is 4.79 Å². The molecular weight excluding hydrogens is 246 g/mol. The second kappa shape index (κ2) is 5.85. The maximum absolute atomic E-state index is 11.9. The molecule has 18 heavy (non-hydrogen) atoms. The van der Waals surface area contributed by atoms with Crippen LogP contribution in [-0.4, -0.2) is 11.6 Å². The molecule has 1 rings (SSSR count). The molecule has 1 aromatic rings. The van der Waals surface area contributed by atoms with E-state index in [1.54, 1.807) is 6.07 Å². The Labute approximate surface area is 113 Å². The first-order valence-electron chi connectivity index (χ1n) is 6.27. The third kappa shape index (κ3) is 4.78. The molecule has 102 valence electrons. The molecule has 0 aliphatic carbocycles. The van der Waals surface area contributed by atoms with E-state index in [0.29, 0.717) is 10.8 Å². The Bertz CT molecular complexity index is 404. The standard InChI is InChI=1S/C14H23NO2S/c1-9(2)8-10(15)11-6-7-12(18-11)13(16)17-14(3,4)5/h6-7,9-10H,8,15H2,1-5H3. The van der Waals surface area contributed by atoms with Crippen molar-refractivity contribution >= 4 is 17.3 Å². The van der Waals surface area contributed by atoms with Gasteiger partial charge in [0, 0.05) is 10.9 Å². The Morgan fingerprint density at radius 2 is 2.00 bits per heavy atom. The molecule has 0 amide bonds. The molecule has 2 N–H and O–H groups in total. The first-order chi connectivity index (χ1) is 8.19. The van der Waals surface area contributed by atoms with Crippen molar-refractivity contribution in [2.75, 3.05) is 0 Å². The molecule has 0 saturated heterocycles. The van der Waals surface area contributed by atoms with Crippen molar-refractivity contribution in [2.45, 2.75) is 52.7 Å². The average Bonchev–Trinajstić information content (AvgIpc) is 2.61. The highest BCUT2D eigenvalue weighted by Crippen LogP contribution is 2.27. The van der Waals surface area contributed by atoms with Crippen LogP contribution in [-0.2, 0) is 4.74 Å². The zero-order chi connectivity index (χ0) is 13.9. The van der Waals surface area contributed by atoms with Crippen molar-refractivity contribution < 1.29 is 9.53 Å². The van der Waals surface area contributed by atoms with Gasteiger partial charge in [0.2, 0.25) is 0 Å². The second-order valence-electron chi connectivity index (χ2n) is 5.94. The van der Waals surface area contributed by atoms with E-state index in [2.05, 4.69) is 13.8 Å². The van der Waals surface area contributed by atoms with Crippen LogP contribution in [0, 0.1) is 5.92 Å². The van der Waals surface area contributed by atoms with Crippen LogP contribution in [0.1, 0.15) is 61.6 Å². The molecule has 1 aromatic heterocycles. The molecule has 0 fully saturated rings. The summed E-state index contributed by atoms with van der Waals surface area (Å²) in [5.41, 5.74) is 5.64. The summed E-state index contributed by atoms with van der Waals surface area (Å²) < 4.78 is 5.33. The molecule has 1 unspecified atom stereocenters. The lowest BCUT2D eigenvalue weighted by Gasteiger charge is -2.18. The van der Waals surface area contributed by atoms with Gasteiger partial charge in [-0.15, -0.1) is 11.3 Å². The van der Waals surface area contributed by atoms with Crippen LogP contribution < -0.4 is 5.73 Å². The summed E-state index contributed by atoms with van der Waals surface area (Å²) in [6, 6.07) is 3.73. The minimum Gasteiger partial charge on any atom is -0.456 e. The smallest absolute Gasteiger partial charge is 0.348 e. The third-order valence-corrected chi connectivity index (χ3v) is 3.51. The van der Waals surface area contributed by atoms with E-state index in [0.717, 1.165) is 11.3 Å². The lowest BCUT2D eigenvalue weighted by molar-refractivity contribution is 0.00752. The summed E-state index contributed by atoms with van der Waals surface area (Å²) in [6.45, 7) is 9.88. The van der Waals surface area contributed by atoms with Crippen LogP contribution in [0.4, 0.5) is 0 Å². The van der Waals surface area contributed by atoms with Crippen molar-refractivity contribution in [3.8, 4) is 0 Å². The molecule has 0 radical (unpaired) electrons. The number of hydrogen-bond donors (Lipinski definition) is 1. The number of hydrogen-bond acceptors (Lipinski definition) is 4. The van der Waals surface area contributed by atoms with Gasteiger partial charge in [-0.3, -0.25) is 0 Å². The number of thiophene rings is 1. The Morgan fingerprint density at radius 3 is 2.50 bits per heavy atom. The van der Waals surface area contributed by atoms with Crippen LogP contribution in [0.2, 0.25) is 0 Å². The maximum atomic E-state index is 11.9. The number of ether oxygens (including phenoxy) is 1. The molecule has 0 saturated carbocycles. The molecule has 1 atom stereocenters. The van der Waals surface area contributed by atoms with Gasteiger partial charge >= 0.3 is 5.97 Å². The van der Waals surface area contributed by atoms with Gasteiger partial charge in [-0.1, -0.05) is 13.8 Å². The molecular formula is C14H23NO2S. The first kappa shape index (κ1) is 15.2. The molecule has 0 aliphatic rings. The van der Waals surface area contributed by atoms with Gasteiger partial charge in [-0.2, -0.15) is 0 Å². The molecule has 4 heteroatoms. The molecule has 0 aromatic carbocycles. The van der Waals surface area contributed by atoms with Gasteiger partial charge in [0.25, 0.3) is 0 Å². The Kier molecular flexibility index (Phi) is 4.93. The van der Waals surface area contributed by atoms with Crippen LogP contribution in [0.15, 0.2) is 12.1 Å². The van der Waals surface area contributed by atoms with Gasteiger partial charge < -0.3 is 10.5 Å². The van der Waals surface area contributed by atoms with E-state index >= 15 is 0 Å². The van der Waals surface area contributed by atoms with Gasteiger partial charge in [-0.25, -0.2) is 4.79 Å². The van der Waals surface area contributed by atoms with E-state index in [1.807, 2.05) is 26.8 Å². The first-order valence-corrected chi connectivity index (χ1v) is 7.09. The minimum atomic E-state index is -0.457. The van der Waals surface area contributed by atoms with E-state index in [-0.39, 0.29) is 12.0 Å². The Morgan fingerprint density at radius 1 is 1.39 bits per heavy atom. The number of carbonyl (C=O) groups excluding carboxylic acids is 1. The summed E-state index contributed by atoms with van der Waals surface area (Å²) in [7, 11) is 0. The average molecular weight is 269 g/mol. The predicted molar refractivity (Wildman–Crippen MR) is 75.9 cm³/mol. The Hall–Kier alpha value is -0.870. The molecule has 3 nitrogen and oxygen atoms in total. The summed E-state index contributed by atoms with van der Waals surface area (Å²) >= 11 is 1.43. The van der Waals surface area contributed by atoms with Crippen molar-refractivity contribution in [3.05, 3.63) is 21.9 Å². The minimum absolute atomic E-state index is 0.00573. The van der Waals surface area contributed by atoms with Crippen LogP contribution in [0.3, 0.4) is 0 Å². The van der Waals surface area contributed by atoms with Crippen molar-refractivity contribution in [2.24, 2.45) is 11.7 Å². The quantitative estimate of drug-likeness (QED) is 0.847. The highest BCUT2D eigenvalue weighted by Gasteiger charge is 2.20. The van der Waals surface area contributed by atoms with Crippen LogP contribution in [0.5, 0.6) is 0 Å². The summed E-state index contributed by atoms with van der Waals surface area (Å²) in [5, 5.41) is 0. The summed E-state index contributed by atoms with van der Waals surface area (Å²) in [5.74, 6) is 0.280. The normalized spacial score (nSPS) is 13.7. The lowest BCUT2D eigenvalue weighted by atomic mass is 10.0. The molecule has 1 heterocycles. The van der Waals surface area contributed by atoms with Crippen LogP contribution >= 0.6 is 11.3 Å². The van der Waals surface area contributed by atoms with Gasteiger partial charge in [-0.05, 0) is 45.2 Å². The van der Waals surface area contributed by atoms with E-state index < -0.39 is 5.60 Å². The predicted octanol–water partition coefficient (Wildman–Crippen LogP) is 3.75. The molecule has 0 aliphatic heterocycles. The van der Waals surface area contributed by atoms with Gasteiger partial charge in [0.05, 0.1) is 0 Å². The van der Waals surface area contributed by atoms with E-state index in [1.165, 1.54) is 11.3 Å². The fourth-order valence-electron chi connectivity index (χ4n) is 1.61. The number of carbonyl (C=O) groups is 1. The largest absolute Gasteiger partial charge is 0.456 e.